The molecule has 1 aromatic heterocycles. The molecule has 1 amide bonds. The van der Waals surface area contributed by atoms with Crippen LogP contribution < -0.4 is 4.74 Å². The summed E-state index contributed by atoms with van der Waals surface area (Å²) in [5, 5.41) is 9.56. The molecule has 1 aliphatic rings. The van der Waals surface area contributed by atoms with Gasteiger partial charge in [0.1, 0.15) is 12.1 Å². The fraction of sp³-hybridized carbons (Fsp3) is 0.318. The summed E-state index contributed by atoms with van der Waals surface area (Å²) < 4.78 is 7.20. The Kier molecular flexibility index (Phi) is 6.29. The van der Waals surface area contributed by atoms with Gasteiger partial charge >= 0.3 is 0 Å². The van der Waals surface area contributed by atoms with E-state index in [0.29, 0.717) is 15.9 Å². The summed E-state index contributed by atoms with van der Waals surface area (Å²) in [5.41, 5.74) is 3.00. The van der Waals surface area contributed by atoms with Crippen LogP contribution in [0.1, 0.15) is 30.0 Å². The van der Waals surface area contributed by atoms with Gasteiger partial charge in [-0.2, -0.15) is 0 Å². The predicted molar refractivity (Wildman–Crippen MR) is 119 cm³/mol. The first-order valence-electron chi connectivity index (χ1n) is 9.79. The fourth-order valence-electron chi connectivity index (χ4n) is 3.70. The van der Waals surface area contributed by atoms with E-state index < -0.39 is 0 Å². The molecule has 2 aromatic carbocycles. The Morgan fingerprint density at radius 2 is 2.17 bits per heavy atom. The Morgan fingerprint density at radius 1 is 1.30 bits per heavy atom. The number of carbonyl (C=O) groups is 1. The maximum absolute atomic E-state index is 13.0. The van der Waals surface area contributed by atoms with E-state index in [4.69, 9.17) is 16.3 Å². The number of likely N-dealkylation sites (tertiary alicyclic amines) is 1. The Morgan fingerprint density at radius 3 is 2.97 bits per heavy atom. The first-order valence-corrected chi connectivity index (χ1v) is 11.2. The number of amides is 1. The van der Waals surface area contributed by atoms with Crippen LogP contribution in [-0.2, 0) is 4.79 Å². The van der Waals surface area contributed by atoms with E-state index in [1.807, 2.05) is 52.8 Å². The predicted octanol–water partition coefficient (Wildman–Crippen LogP) is 4.69. The molecular weight excluding hydrogens is 420 g/mol. The van der Waals surface area contributed by atoms with Gasteiger partial charge in [0.25, 0.3) is 0 Å². The topological polar surface area (TPSA) is 60.2 Å². The monoisotopic (exact) mass is 442 g/mol. The number of ether oxygens (including phenoxy) is 1. The van der Waals surface area contributed by atoms with Gasteiger partial charge in [0.05, 0.1) is 24.6 Å². The van der Waals surface area contributed by atoms with Gasteiger partial charge in [-0.05, 0) is 55.2 Å². The van der Waals surface area contributed by atoms with Crippen molar-refractivity contribution in [3.63, 3.8) is 0 Å². The zero-order valence-electron chi connectivity index (χ0n) is 16.9. The molecule has 1 saturated heterocycles. The number of aryl methyl sites for hydroxylation is 1. The minimum atomic E-state index is 0.0852. The lowest BCUT2D eigenvalue weighted by Crippen LogP contribution is -2.32. The van der Waals surface area contributed by atoms with Crippen LogP contribution in [0.15, 0.2) is 53.9 Å². The second-order valence-corrected chi connectivity index (χ2v) is 8.58. The van der Waals surface area contributed by atoms with E-state index >= 15 is 0 Å². The smallest absolute Gasteiger partial charge is 0.233 e. The normalized spacial score (nSPS) is 16.1. The van der Waals surface area contributed by atoms with Gasteiger partial charge in [-0.3, -0.25) is 9.36 Å². The van der Waals surface area contributed by atoms with Crippen molar-refractivity contribution in [2.24, 2.45) is 0 Å². The lowest BCUT2D eigenvalue weighted by atomic mass is 10.0. The van der Waals surface area contributed by atoms with E-state index in [1.165, 1.54) is 11.8 Å². The van der Waals surface area contributed by atoms with E-state index in [9.17, 15) is 4.79 Å². The molecule has 1 aliphatic heterocycles. The Labute approximate surface area is 185 Å². The molecule has 0 spiro atoms. The van der Waals surface area contributed by atoms with Crippen molar-refractivity contribution in [3.05, 3.63) is 64.9 Å². The molecule has 1 fully saturated rings. The van der Waals surface area contributed by atoms with Gasteiger partial charge < -0.3 is 9.64 Å². The highest BCUT2D eigenvalue weighted by molar-refractivity contribution is 7.99. The molecule has 0 unspecified atom stereocenters. The molecule has 0 bridgehead atoms. The summed E-state index contributed by atoms with van der Waals surface area (Å²) in [4.78, 5) is 15.0. The van der Waals surface area contributed by atoms with Crippen molar-refractivity contribution >= 4 is 29.3 Å². The van der Waals surface area contributed by atoms with Gasteiger partial charge in [0.2, 0.25) is 5.91 Å². The largest absolute Gasteiger partial charge is 0.497 e. The third kappa shape index (κ3) is 4.32. The minimum Gasteiger partial charge on any atom is -0.497 e. The van der Waals surface area contributed by atoms with Crippen LogP contribution in [0, 0.1) is 6.92 Å². The van der Waals surface area contributed by atoms with E-state index in [0.717, 1.165) is 42.0 Å². The van der Waals surface area contributed by atoms with Crippen LogP contribution in [0.25, 0.3) is 5.69 Å². The Bertz CT molecular complexity index is 1060. The molecule has 4 rings (SSSR count). The highest BCUT2D eigenvalue weighted by Crippen LogP contribution is 2.34. The summed E-state index contributed by atoms with van der Waals surface area (Å²) in [7, 11) is 1.66. The number of carbonyl (C=O) groups excluding carboxylic acids is 1. The highest BCUT2D eigenvalue weighted by atomic mass is 35.5. The fourth-order valence-corrected chi connectivity index (χ4v) is 4.69. The molecular formula is C22H23ClN4O2S. The highest BCUT2D eigenvalue weighted by Gasteiger charge is 2.30. The number of aromatic nitrogens is 3. The third-order valence-corrected chi connectivity index (χ3v) is 6.66. The van der Waals surface area contributed by atoms with Crippen LogP contribution in [-0.4, -0.2) is 45.0 Å². The van der Waals surface area contributed by atoms with Gasteiger partial charge in [-0.25, -0.2) is 0 Å². The number of methoxy groups -OCH3 is 1. The molecule has 30 heavy (non-hydrogen) atoms. The van der Waals surface area contributed by atoms with Gasteiger partial charge in [0.15, 0.2) is 5.16 Å². The molecule has 2 heterocycles. The van der Waals surface area contributed by atoms with E-state index in [1.54, 1.807) is 13.4 Å². The quantitative estimate of drug-likeness (QED) is 0.518. The SMILES string of the molecule is COc1cccc([C@@H]2CCCN2C(=O)CSc2nncn2-c2ccc(C)c(Cl)c2)c1. The number of thioether (sulfide) groups is 1. The zero-order chi connectivity index (χ0) is 21.1. The summed E-state index contributed by atoms with van der Waals surface area (Å²) in [5.74, 6) is 1.21. The second-order valence-electron chi connectivity index (χ2n) is 7.23. The summed E-state index contributed by atoms with van der Waals surface area (Å²) in [6.45, 7) is 2.73. The number of halogens is 1. The Hall–Kier alpha value is -2.51. The lowest BCUT2D eigenvalue weighted by molar-refractivity contribution is -0.129. The van der Waals surface area contributed by atoms with E-state index in [2.05, 4.69) is 16.3 Å². The molecule has 3 aromatic rings. The third-order valence-electron chi connectivity index (χ3n) is 5.33. The van der Waals surface area contributed by atoms with Crippen molar-refractivity contribution < 1.29 is 9.53 Å². The number of benzene rings is 2. The maximum Gasteiger partial charge on any atom is 0.233 e. The molecule has 156 valence electrons. The van der Waals surface area contributed by atoms with Crippen molar-refractivity contribution in [1.82, 2.24) is 19.7 Å². The summed E-state index contributed by atoms with van der Waals surface area (Å²) in [6.07, 6.45) is 3.60. The van der Waals surface area contributed by atoms with Crippen LogP contribution in [0.2, 0.25) is 5.02 Å². The van der Waals surface area contributed by atoms with E-state index in [-0.39, 0.29) is 11.9 Å². The van der Waals surface area contributed by atoms with Crippen LogP contribution in [0.3, 0.4) is 0 Å². The van der Waals surface area contributed by atoms with Gasteiger partial charge in [-0.15, -0.1) is 10.2 Å². The van der Waals surface area contributed by atoms with Crippen molar-refractivity contribution in [2.45, 2.75) is 31.0 Å². The molecule has 1 atom stereocenters. The average molecular weight is 443 g/mol. The van der Waals surface area contributed by atoms with Crippen molar-refractivity contribution in [3.8, 4) is 11.4 Å². The standard InChI is InChI=1S/C22H23ClN4O2S/c1-15-8-9-17(12-19(15)23)27-14-24-25-22(27)30-13-21(28)26-10-4-7-20(26)16-5-3-6-18(11-16)29-2/h3,5-6,8-9,11-12,14,20H,4,7,10,13H2,1-2H3/t20-/m0/s1. The molecule has 0 saturated carbocycles. The summed E-state index contributed by atoms with van der Waals surface area (Å²) >= 11 is 7.65. The van der Waals surface area contributed by atoms with Gasteiger partial charge in [0, 0.05) is 11.6 Å². The average Bonchev–Trinajstić information content (AvgIpc) is 3.44. The van der Waals surface area contributed by atoms with Crippen LogP contribution in [0.4, 0.5) is 0 Å². The summed E-state index contributed by atoms with van der Waals surface area (Å²) in [6, 6.07) is 13.9. The maximum atomic E-state index is 13.0. The molecule has 0 aliphatic carbocycles. The first-order chi connectivity index (χ1) is 14.6. The number of hydrogen-bond donors (Lipinski definition) is 0. The van der Waals surface area contributed by atoms with Crippen molar-refractivity contribution in [1.29, 1.82) is 0 Å². The zero-order valence-corrected chi connectivity index (χ0v) is 18.5. The number of rotatable bonds is 6. The lowest BCUT2D eigenvalue weighted by Gasteiger charge is -2.25. The molecule has 6 nitrogen and oxygen atoms in total. The van der Waals surface area contributed by atoms with Crippen LogP contribution in [0.5, 0.6) is 5.75 Å². The number of nitrogens with zero attached hydrogens (tertiary/aromatic N) is 4. The molecule has 0 radical (unpaired) electrons. The molecule has 0 N–H and O–H groups in total. The number of hydrogen-bond acceptors (Lipinski definition) is 5. The van der Waals surface area contributed by atoms with Gasteiger partial charge in [-0.1, -0.05) is 41.6 Å². The first kappa shape index (κ1) is 20.8. The second kappa shape index (κ2) is 9.10. The molecule has 8 heteroatoms. The minimum absolute atomic E-state index is 0.0852. The van der Waals surface area contributed by atoms with Crippen LogP contribution >= 0.6 is 23.4 Å². The van der Waals surface area contributed by atoms with Crippen molar-refractivity contribution in [2.75, 3.05) is 19.4 Å². The Balaban J connectivity index is 1.46.